The summed E-state index contributed by atoms with van der Waals surface area (Å²) in [4.78, 5) is 0.253. The Labute approximate surface area is 143 Å². The summed E-state index contributed by atoms with van der Waals surface area (Å²) >= 11 is 6.17. The van der Waals surface area contributed by atoms with Gasteiger partial charge in [-0.1, -0.05) is 31.5 Å². The molecular formula is C15H22Cl2N2O2S. The molecule has 2 aliphatic rings. The van der Waals surface area contributed by atoms with Crippen molar-refractivity contribution in [2.45, 2.75) is 24.7 Å². The Hall–Kier alpha value is -0.330. The van der Waals surface area contributed by atoms with Gasteiger partial charge in [-0.3, -0.25) is 0 Å². The third-order valence-electron chi connectivity index (χ3n) is 4.60. The minimum atomic E-state index is -3.49. The van der Waals surface area contributed by atoms with Crippen LogP contribution in [0.1, 0.15) is 25.3 Å². The van der Waals surface area contributed by atoms with Crippen LogP contribution in [0.2, 0.25) is 5.02 Å². The molecule has 2 atom stereocenters. The zero-order valence-corrected chi connectivity index (χ0v) is 15.1. The van der Waals surface area contributed by atoms with E-state index >= 15 is 0 Å². The van der Waals surface area contributed by atoms with E-state index in [2.05, 4.69) is 5.32 Å². The molecule has 0 aromatic heterocycles. The SMILES string of the molecule is CC(C)c1ccc(Cl)c(S(=O)(=O)N2C[C@H]3CNC[C@H]3C2)c1.Cl. The molecule has 0 amide bonds. The summed E-state index contributed by atoms with van der Waals surface area (Å²) in [5.41, 5.74) is 0.999. The highest BCUT2D eigenvalue weighted by Gasteiger charge is 2.42. The van der Waals surface area contributed by atoms with Gasteiger partial charge in [0.1, 0.15) is 4.90 Å². The predicted molar refractivity (Wildman–Crippen MR) is 91.4 cm³/mol. The van der Waals surface area contributed by atoms with Crippen LogP contribution in [0.5, 0.6) is 0 Å². The fourth-order valence-corrected chi connectivity index (χ4v) is 5.29. The Balaban J connectivity index is 0.00000176. The van der Waals surface area contributed by atoms with Gasteiger partial charge in [0.2, 0.25) is 10.0 Å². The average Bonchev–Trinajstić information content (AvgIpc) is 2.99. The lowest BCUT2D eigenvalue weighted by Crippen LogP contribution is -2.32. The van der Waals surface area contributed by atoms with Crippen molar-refractivity contribution in [3.05, 3.63) is 28.8 Å². The number of nitrogens with zero attached hydrogens (tertiary/aromatic N) is 1. The number of fused-ring (bicyclic) bond motifs is 1. The highest BCUT2D eigenvalue weighted by Crippen LogP contribution is 2.34. The summed E-state index contributed by atoms with van der Waals surface area (Å²) in [6.07, 6.45) is 0. The molecule has 2 heterocycles. The zero-order chi connectivity index (χ0) is 15.2. The number of nitrogens with one attached hydrogen (secondary N) is 1. The highest BCUT2D eigenvalue weighted by molar-refractivity contribution is 7.89. The first-order chi connectivity index (χ1) is 9.89. The molecule has 2 fully saturated rings. The molecule has 2 aliphatic heterocycles. The van der Waals surface area contributed by atoms with Gasteiger partial charge in [0.25, 0.3) is 0 Å². The van der Waals surface area contributed by atoms with Crippen LogP contribution in [-0.2, 0) is 10.0 Å². The third-order valence-corrected chi connectivity index (χ3v) is 6.91. The molecule has 0 bridgehead atoms. The van der Waals surface area contributed by atoms with Crippen molar-refractivity contribution < 1.29 is 8.42 Å². The maximum Gasteiger partial charge on any atom is 0.244 e. The Morgan fingerprint density at radius 2 is 1.82 bits per heavy atom. The lowest BCUT2D eigenvalue weighted by Gasteiger charge is -2.19. The van der Waals surface area contributed by atoms with Gasteiger partial charge < -0.3 is 5.32 Å². The molecule has 0 aliphatic carbocycles. The van der Waals surface area contributed by atoms with Gasteiger partial charge in [0.05, 0.1) is 5.02 Å². The number of sulfonamides is 1. The topological polar surface area (TPSA) is 49.4 Å². The van der Waals surface area contributed by atoms with Gasteiger partial charge in [0, 0.05) is 13.1 Å². The van der Waals surface area contributed by atoms with Crippen LogP contribution in [0.4, 0.5) is 0 Å². The fourth-order valence-electron chi connectivity index (χ4n) is 3.22. The second-order valence-corrected chi connectivity index (χ2v) is 8.66. The van der Waals surface area contributed by atoms with Crippen LogP contribution in [0, 0.1) is 11.8 Å². The highest BCUT2D eigenvalue weighted by atomic mass is 35.5. The van der Waals surface area contributed by atoms with Crippen LogP contribution in [0.3, 0.4) is 0 Å². The number of halogens is 2. The van der Waals surface area contributed by atoms with Crippen molar-refractivity contribution in [3.63, 3.8) is 0 Å². The monoisotopic (exact) mass is 364 g/mol. The molecule has 7 heteroatoms. The quantitative estimate of drug-likeness (QED) is 0.896. The lowest BCUT2D eigenvalue weighted by atomic mass is 10.0. The predicted octanol–water partition coefficient (Wildman–Crippen LogP) is 2.73. The molecular weight excluding hydrogens is 343 g/mol. The van der Waals surface area contributed by atoms with Crippen LogP contribution in [0.15, 0.2) is 23.1 Å². The van der Waals surface area contributed by atoms with Crippen LogP contribution in [0.25, 0.3) is 0 Å². The van der Waals surface area contributed by atoms with Crippen molar-refractivity contribution in [2.24, 2.45) is 11.8 Å². The summed E-state index contributed by atoms with van der Waals surface area (Å²) in [6, 6.07) is 5.32. The summed E-state index contributed by atoms with van der Waals surface area (Å²) in [6.45, 7) is 7.12. The minimum Gasteiger partial charge on any atom is -0.316 e. The first kappa shape index (κ1) is 18.0. The minimum absolute atomic E-state index is 0. The maximum atomic E-state index is 12.9. The average molecular weight is 365 g/mol. The summed E-state index contributed by atoms with van der Waals surface area (Å²) in [7, 11) is -3.49. The van der Waals surface area contributed by atoms with E-state index in [4.69, 9.17) is 11.6 Å². The standard InChI is InChI=1S/C15H21ClN2O2S.ClH/c1-10(2)11-3-4-14(16)15(5-11)21(19,20)18-8-12-6-17-7-13(12)9-18;/h3-5,10,12-13,17H,6-9H2,1-2H3;1H/t12-,13+;. The fraction of sp³-hybridized carbons (Fsp3) is 0.600. The number of benzene rings is 1. The summed E-state index contributed by atoms with van der Waals surface area (Å²) in [5, 5.41) is 3.64. The third kappa shape index (κ3) is 3.15. The van der Waals surface area contributed by atoms with Crippen molar-refractivity contribution >= 4 is 34.0 Å². The van der Waals surface area contributed by atoms with E-state index in [1.54, 1.807) is 16.4 Å². The van der Waals surface area contributed by atoms with Gasteiger partial charge in [-0.15, -0.1) is 12.4 Å². The second kappa shape index (κ2) is 6.65. The van der Waals surface area contributed by atoms with E-state index in [9.17, 15) is 8.42 Å². The van der Waals surface area contributed by atoms with Crippen LogP contribution in [-0.4, -0.2) is 38.9 Å². The van der Waals surface area contributed by atoms with E-state index in [-0.39, 0.29) is 23.2 Å². The number of hydrogen-bond donors (Lipinski definition) is 1. The van der Waals surface area contributed by atoms with Gasteiger partial charge >= 0.3 is 0 Å². The Morgan fingerprint density at radius 1 is 1.23 bits per heavy atom. The molecule has 0 radical (unpaired) electrons. The molecule has 4 nitrogen and oxygen atoms in total. The Kier molecular flexibility index (Phi) is 5.45. The van der Waals surface area contributed by atoms with E-state index in [0.29, 0.717) is 29.9 Å². The molecule has 1 N–H and O–H groups in total. The second-order valence-electron chi connectivity index (χ2n) is 6.34. The van der Waals surface area contributed by atoms with E-state index in [1.807, 2.05) is 19.9 Å². The van der Waals surface area contributed by atoms with Crippen molar-refractivity contribution in [3.8, 4) is 0 Å². The smallest absolute Gasteiger partial charge is 0.244 e. The van der Waals surface area contributed by atoms with Gasteiger partial charge in [-0.25, -0.2) is 8.42 Å². The van der Waals surface area contributed by atoms with Crippen molar-refractivity contribution in [2.75, 3.05) is 26.2 Å². The van der Waals surface area contributed by atoms with Gasteiger partial charge in [0.15, 0.2) is 0 Å². The largest absolute Gasteiger partial charge is 0.316 e. The van der Waals surface area contributed by atoms with Crippen molar-refractivity contribution in [1.82, 2.24) is 9.62 Å². The first-order valence-electron chi connectivity index (χ1n) is 7.40. The van der Waals surface area contributed by atoms with Crippen LogP contribution >= 0.6 is 24.0 Å². The Morgan fingerprint density at radius 3 is 2.36 bits per heavy atom. The summed E-state index contributed by atoms with van der Waals surface area (Å²) < 4.78 is 27.4. The molecule has 2 saturated heterocycles. The molecule has 124 valence electrons. The number of hydrogen-bond acceptors (Lipinski definition) is 3. The Bertz CT molecular complexity index is 637. The lowest BCUT2D eigenvalue weighted by molar-refractivity contribution is 0.448. The normalized spacial score (nSPS) is 25.3. The summed E-state index contributed by atoms with van der Waals surface area (Å²) in [5.74, 6) is 1.15. The maximum absolute atomic E-state index is 12.9. The molecule has 0 saturated carbocycles. The zero-order valence-electron chi connectivity index (χ0n) is 12.8. The van der Waals surface area contributed by atoms with E-state index < -0.39 is 10.0 Å². The van der Waals surface area contributed by atoms with Gasteiger partial charge in [-0.05, 0) is 48.5 Å². The van der Waals surface area contributed by atoms with Crippen LogP contribution < -0.4 is 5.32 Å². The van der Waals surface area contributed by atoms with Gasteiger partial charge in [-0.2, -0.15) is 4.31 Å². The van der Waals surface area contributed by atoms with E-state index in [0.717, 1.165) is 18.7 Å². The first-order valence-corrected chi connectivity index (χ1v) is 9.21. The van der Waals surface area contributed by atoms with Crippen molar-refractivity contribution in [1.29, 1.82) is 0 Å². The molecule has 1 aromatic carbocycles. The number of rotatable bonds is 3. The molecule has 22 heavy (non-hydrogen) atoms. The molecule has 1 aromatic rings. The molecule has 0 spiro atoms. The van der Waals surface area contributed by atoms with E-state index in [1.165, 1.54) is 0 Å². The molecule has 0 unspecified atom stereocenters. The molecule has 3 rings (SSSR count).